The zero-order valence-corrected chi connectivity index (χ0v) is 13.6. The molecule has 0 bridgehead atoms. The fraction of sp³-hybridized carbons (Fsp3) is 0.647. The van der Waals surface area contributed by atoms with E-state index in [1.165, 1.54) is 11.1 Å². The fourth-order valence-corrected chi connectivity index (χ4v) is 3.03. The van der Waals surface area contributed by atoms with Gasteiger partial charge in [0.15, 0.2) is 0 Å². The first-order chi connectivity index (χ1) is 10.1. The number of piperazine rings is 1. The highest BCUT2D eigenvalue weighted by atomic mass is 16.3. The Morgan fingerprint density at radius 2 is 1.81 bits per heavy atom. The van der Waals surface area contributed by atoms with Crippen LogP contribution in [0.4, 0.5) is 0 Å². The Hall–Kier alpha value is -0.940. The smallest absolute Gasteiger partial charge is 0.0558 e. The molecule has 0 aromatic heterocycles. The van der Waals surface area contributed by atoms with Crippen molar-refractivity contribution in [3.05, 3.63) is 35.4 Å². The second kappa shape index (κ2) is 7.90. The molecule has 21 heavy (non-hydrogen) atoms. The van der Waals surface area contributed by atoms with Crippen molar-refractivity contribution in [3.8, 4) is 0 Å². The minimum atomic E-state index is 0.267. The van der Waals surface area contributed by atoms with E-state index in [-0.39, 0.29) is 6.61 Å². The summed E-state index contributed by atoms with van der Waals surface area (Å²) in [4.78, 5) is 7.20. The molecule has 2 rings (SSSR count). The van der Waals surface area contributed by atoms with Gasteiger partial charge in [0, 0.05) is 45.3 Å². The highest BCUT2D eigenvalue weighted by Gasteiger charge is 2.22. The lowest BCUT2D eigenvalue weighted by Crippen LogP contribution is -2.49. The van der Waals surface area contributed by atoms with Gasteiger partial charge < -0.3 is 10.0 Å². The number of aliphatic hydroxyl groups excluding tert-OH is 1. The summed E-state index contributed by atoms with van der Waals surface area (Å²) in [7, 11) is 4.32. The maximum atomic E-state index is 9.02. The van der Waals surface area contributed by atoms with Crippen LogP contribution >= 0.6 is 0 Å². The summed E-state index contributed by atoms with van der Waals surface area (Å²) in [5.41, 5.74) is 2.73. The van der Waals surface area contributed by atoms with E-state index in [4.69, 9.17) is 5.11 Å². The van der Waals surface area contributed by atoms with Crippen molar-refractivity contribution >= 4 is 0 Å². The van der Waals surface area contributed by atoms with Gasteiger partial charge in [-0.3, -0.25) is 9.80 Å². The first kappa shape index (κ1) is 16.4. The minimum Gasteiger partial charge on any atom is -0.395 e. The van der Waals surface area contributed by atoms with Gasteiger partial charge in [-0.2, -0.15) is 0 Å². The number of likely N-dealkylation sites (N-methyl/N-ethyl adjacent to an activating group) is 1. The third-order valence-electron chi connectivity index (χ3n) is 4.36. The molecule has 4 nitrogen and oxygen atoms in total. The Balaban J connectivity index is 1.95. The van der Waals surface area contributed by atoms with E-state index < -0.39 is 0 Å². The first-order valence-corrected chi connectivity index (χ1v) is 7.88. The molecule has 1 saturated heterocycles. The van der Waals surface area contributed by atoms with E-state index >= 15 is 0 Å². The summed E-state index contributed by atoms with van der Waals surface area (Å²) in [5.74, 6) is 0. The summed E-state index contributed by atoms with van der Waals surface area (Å²) < 4.78 is 0. The highest BCUT2D eigenvalue weighted by molar-refractivity contribution is 5.25. The molecule has 1 aromatic rings. The summed E-state index contributed by atoms with van der Waals surface area (Å²) >= 11 is 0. The molecule has 1 aliphatic rings. The molecule has 1 aliphatic heterocycles. The highest BCUT2D eigenvalue weighted by Crippen LogP contribution is 2.21. The van der Waals surface area contributed by atoms with Crippen molar-refractivity contribution in [2.75, 3.05) is 60.0 Å². The largest absolute Gasteiger partial charge is 0.395 e. The van der Waals surface area contributed by atoms with Crippen LogP contribution in [-0.2, 0) is 0 Å². The molecule has 1 heterocycles. The van der Waals surface area contributed by atoms with Crippen LogP contribution in [0.1, 0.15) is 17.2 Å². The van der Waals surface area contributed by atoms with Crippen LogP contribution < -0.4 is 0 Å². The average Bonchev–Trinajstić information content (AvgIpc) is 2.46. The minimum absolute atomic E-state index is 0.267. The van der Waals surface area contributed by atoms with E-state index in [9.17, 15) is 0 Å². The van der Waals surface area contributed by atoms with Crippen LogP contribution in [0.3, 0.4) is 0 Å². The number of β-amino-alcohol motifs (C(OH)–C–C–N with tert-alkyl or cyclic N) is 1. The second-order valence-corrected chi connectivity index (χ2v) is 6.26. The molecule has 4 heteroatoms. The van der Waals surface area contributed by atoms with E-state index in [2.05, 4.69) is 60.0 Å². The van der Waals surface area contributed by atoms with Crippen LogP contribution in [0.15, 0.2) is 24.3 Å². The Morgan fingerprint density at radius 1 is 1.14 bits per heavy atom. The van der Waals surface area contributed by atoms with E-state index in [1.54, 1.807) is 0 Å². The Labute approximate surface area is 129 Å². The lowest BCUT2D eigenvalue weighted by molar-refractivity contribution is 0.0926. The number of benzene rings is 1. The van der Waals surface area contributed by atoms with Crippen LogP contribution in [-0.4, -0.2) is 79.8 Å². The molecule has 0 amide bonds. The van der Waals surface area contributed by atoms with E-state index in [1.807, 2.05) is 0 Å². The number of hydrogen-bond donors (Lipinski definition) is 1. The Morgan fingerprint density at radius 3 is 2.38 bits per heavy atom. The molecule has 0 radical (unpaired) electrons. The monoisotopic (exact) mass is 291 g/mol. The number of nitrogens with zero attached hydrogens (tertiary/aromatic N) is 3. The molecule has 1 aromatic carbocycles. The third kappa shape index (κ3) is 4.78. The quantitative estimate of drug-likeness (QED) is 0.853. The summed E-state index contributed by atoms with van der Waals surface area (Å²) in [6.45, 7) is 8.62. The van der Waals surface area contributed by atoms with Gasteiger partial charge in [0.25, 0.3) is 0 Å². The number of hydrogen-bond acceptors (Lipinski definition) is 4. The summed E-state index contributed by atoms with van der Waals surface area (Å²) in [6.07, 6.45) is 0. The number of aryl methyl sites for hydroxylation is 1. The molecular formula is C17H29N3O. The van der Waals surface area contributed by atoms with Crippen molar-refractivity contribution in [3.63, 3.8) is 0 Å². The second-order valence-electron chi connectivity index (χ2n) is 6.26. The van der Waals surface area contributed by atoms with Gasteiger partial charge in [0.2, 0.25) is 0 Å². The third-order valence-corrected chi connectivity index (χ3v) is 4.36. The average molecular weight is 291 g/mol. The normalized spacial score (nSPS) is 19.1. The van der Waals surface area contributed by atoms with Gasteiger partial charge in [-0.25, -0.2) is 0 Å². The van der Waals surface area contributed by atoms with Gasteiger partial charge in [0.05, 0.1) is 6.61 Å². The summed E-state index contributed by atoms with van der Waals surface area (Å²) in [6, 6.07) is 9.28. The lowest BCUT2D eigenvalue weighted by Gasteiger charge is -2.37. The molecule has 1 fully saturated rings. The predicted octanol–water partition coefficient (Wildman–Crippen LogP) is 1.21. The van der Waals surface area contributed by atoms with Crippen molar-refractivity contribution in [1.82, 2.24) is 14.7 Å². The van der Waals surface area contributed by atoms with Gasteiger partial charge in [-0.05, 0) is 26.6 Å². The van der Waals surface area contributed by atoms with Crippen LogP contribution in [0, 0.1) is 6.92 Å². The maximum Gasteiger partial charge on any atom is 0.0558 e. The van der Waals surface area contributed by atoms with Gasteiger partial charge in [-0.1, -0.05) is 29.8 Å². The number of rotatable bonds is 6. The van der Waals surface area contributed by atoms with Crippen molar-refractivity contribution < 1.29 is 5.11 Å². The lowest BCUT2D eigenvalue weighted by atomic mass is 10.0. The standard InChI is InChI=1S/C17H29N3O/c1-15-5-4-6-16(13-15)17(18(2)3)14-20-9-7-19(8-10-20)11-12-21/h4-6,13,17,21H,7-12,14H2,1-3H3. The Bertz CT molecular complexity index is 428. The molecular weight excluding hydrogens is 262 g/mol. The zero-order valence-electron chi connectivity index (χ0n) is 13.6. The first-order valence-electron chi connectivity index (χ1n) is 7.88. The molecule has 1 atom stereocenters. The zero-order chi connectivity index (χ0) is 15.2. The number of aliphatic hydroxyl groups is 1. The molecule has 0 saturated carbocycles. The van der Waals surface area contributed by atoms with Crippen molar-refractivity contribution in [1.29, 1.82) is 0 Å². The summed E-state index contributed by atoms with van der Waals surface area (Å²) in [5, 5.41) is 9.02. The molecule has 118 valence electrons. The predicted molar refractivity (Wildman–Crippen MR) is 87.6 cm³/mol. The maximum absolute atomic E-state index is 9.02. The van der Waals surface area contributed by atoms with Crippen molar-refractivity contribution in [2.24, 2.45) is 0 Å². The van der Waals surface area contributed by atoms with E-state index in [0.29, 0.717) is 6.04 Å². The van der Waals surface area contributed by atoms with Gasteiger partial charge in [0.1, 0.15) is 0 Å². The molecule has 0 spiro atoms. The van der Waals surface area contributed by atoms with Gasteiger partial charge >= 0.3 is 0 Å². The van der Waals surface area contributed by atoms with Crippen LogP contribution in [0.2, 0.25) is 0 Å². The topological polar surface area (TPSA) is 30.0 Å². The Kier molecular flexibility index (Phi) is 6.18. The SMILES string of the molecule is Cc1cccc(C(CN2CCN(CCO)CC2)N(C)C)c1. The molecule has 1 unspecified atom stereocenters. The van der Waals surface area contributed by atoms with Crippen LogP contribution in [0.5, 0.6) is 0 Å². The van der Waals surface area contributed by atoms with Gasteiger partial charge in [-0.15, -0.1) is 0 Å². The van der Waals surface area contributed by atoms with Crippen molar-refractivity contribution in [2.45, 2.75) is 13.0 Å². The fourth-order valence-electron chi connectivity index (χ4n) is 3.03. The molecule has 1 N–H and O–H groups in total. The molecule has 0 aliphatic carbocycles. The van der Waals surface area contributed by atoms with Crippen LogP contribution in [0.25, 0.3) is 0 Å². The van der Waals surface area contributed by atoms with E-state index in [0.717, 1.165) is 39.3 Å².